The van der Waals surface area contributed by atoms with Crippen LogP contribution in [-0.4, -0.2) is 95.9 Å². The Morgan fingerprint density at radius 1 is 0.322 bits per heavy atom. The van der Waals surface area contributed by atoms with Crippen LogP contribution in [0.3, 0.4) is 0 Å². The van der Waals surface area contributed by atoms with Crippen LogP contribution < -0.4 is 0 Å². The highest BCUT2D eigenvalue weighted by Crippen LogP contribution is 2.45. The number of aliphatic hydroxyl groups is 2. The Bertz CT molecular complexity index is 1930. The summed E-state index contributed by atoms with van der Waals surface area (Å²) in [5.74, 6) is -1.61. The van der Waals surface area contributed by atoms with Gasteiger partial charge < -0.3 is 34.2 Å². The lowest BCUT2D eigenvalue weighted by Crippen LogP contribution is -2.30. The summed E-state index contributed by atoms with van der Waals surface area (Å²) in [4.78, 5) is 58.3. The number of unbranched alkanes of at least 4 members (excludes halogenated alkanes) is 27. The molecule has 5 atom stereocenters. The van der Waals surface area contributed by atoms with Gasteiger partial charge in [0.1, 0.15) is 25.4 Å². The van der Waals surface area contributed by atoms with Crippen molar-refractivity contribution in [3.63, 3.8) is 0 Å². The molecule has 0 bridgehead atoms. The monoisotopic (exact) mass is 1270 g/mol. The summed E-state index contributed by atoms with van der Waals surface area (Å²) < 4.78 is 60.8. The van der Waals surface area contributed by atoms with Crippen LogP contribution in [0.5, 0.6) is 0 Å². The van der Waals surface area contributed by atoms with Gasteiger partial charge in [0.05, 0.1) is 26.4 Å². The van der Waals surface area contributed by atoms with Crippen molar-refractivity contribution >= 4 is 33.6 Å². The normalized spacial score (nSPS) is 14.8. The topological polar surface area (TPSA) is 231 Å². The molecule has 0 aromatic heterocycles. The first-order chi connectivity index (χ1) is 42.2. The van der Waals surface area contributed by atoms with E-state index in [2.05, 4.69) is 106 Å². The van der Waals surface area contributed by atoms with Crippen LogP contribution in [0.1, 0.15) is 278 Å². The first-order valence-corrected chi connectivity index (χ1v) is 36.9. The van der Waals surface area contributed by atoms with Gasteiger partial charge in [-0.05, 0) is 122 Å². The van der Waals surface area contributed by atoms with Gasteiger partial charge in [-0.2, -0.15) is 0 Å². The summed E-state index contributed by atoms with van der Waals surface area (Å²) in [6.45, 7) is 2.56. The Labute approximate surface area is 527 Å². The second-order valence-electron chi connectivity index (χ2n) is 22.6. The van der Waals surface area contributed by atoms with Crippen LogP contribution in [0.15, 0.2) is 85.1 Å². The number of phosphoric acid groups is 2. The second-order valence-corrected chi connectivity index (χ2v) is 25.5. The van der Waals surface area contributed by atoms with Crippen LogP contribution in [0.2, 0.25) is 0 Å². The molecule has 0 saturated heterocycles. The molecule has 0 amide bonds. The van der Waals surface area contributed by atoms with E-state index in [0.29, 0.717) is 19.3 Å². The number of carbonyl (C=O) groups is 3. The summed E-state index contributed by atoms with van der Waals surface area (Å²) in [5, 5.41) is 20.5. The molecule has 5 unspecified atom stereocenters. The number of aliphatic hydroxyl groups excluding tert-OH is 2. The van der Waals surface area contributed by atoms with Crippen molar-refractivity contribution in [3.8, 4) is 0 Å². The van der Waals surface area contributed by atoms with Crippen molar-refractivity contribution in [2.24, 2.45) is 0 Å². The van der Waals surface area contributed by atoms with E-state index in [0.717, 1.165) is 148 Å². The number of phosphoric ester groups is 2. The Morgan fingerprint density at radius 3 is 0.943 bits per heavy atom. The fourth-order valence-electron chi connectivity index (χ4n) is 8.81. The van der Waals surface area contributed by atoms with Gasteiger partial charge >= 0.3 is 33.6 Å². The lowest BCUT2D eigenvalue weighted by atomic mass is 10.1. The van der Waals surface area contributed by atoms with Crippen molar-refractivity contribution < 1.29 is 75.8 Å². The van der Waals surface area contributed by atoms with Gasteiger partial charge in [0.25, 0.3) is 0 Å². The largest absolute Gasteiger partial charge is 0.472 e. The molecule has 4 N–H and O–H groups in total. The van der Waals surface area contributed by atoms with Gasteiger partial charge in [-0.15, -0.1) is 0 Å². The van der Waals surface area contributed by atoms with Gasteiger partial charge in [0, 0.05) is 19.3 Å². The Balaban J connectivity index is 4.59. The summed E-state index contributed by atoms with van der Waals surface area (Å²) in [6, 6.07) is 0. The summed E-state index contributed by atoms with van der Waals surface area (Å²) >= 11 is 0. The molecule has 0 rings (SSSR count). The zero-order valence-corrected chi connectivity index (χ0v) is 56.2. The van der Waals surface area contributed by atoms with Gasteiger partial charge in [-0.1, -0.05) is 221 Å². The fourth-order valence-corrected chi connectivity index (χ4v) is 10.4. The molecule has 0 spiro atoms. The number of carbonyl (C=O) groups excluding carboxylic acids is 3. The van der Waals surface area contributed by atoms with E-state index >= 15 is 0 Å². The van der Waals surface area contributed by atoms with Gasteiger partial charge in [-0.25, -0.2) is 9.13 Å². The van der Waals surface area contributed by atoms with E-state index in [1.54, 1.807) is 0 Å². The summed E-state index contributed by atoms with van der Waals surface area (Å²) in [5.41, 5.74) is 0. The van der Waals surface area contributed by atoms with Crippen molar-refractivity contribution in [2.45, 2.75) is 296 Å². The van der Waals surface area contributed by atoms with Crippen molar-refractivity contribution in [2.75, 3.05) is 39.6 Å². The highest BCUT2D eigenvalue weighted by atomic mass is 31.2. The maximum absolute atomic E-state index is 12.9. The SMILES string of the molecule is CCCCC/C=C\C/C=C\C/C=C\C/C=C\CCCCCCCCCC(=O)OCC(O)COP(=O)(O)OCC(O)COP(=O)(O)OCC(COC(=O)CCCCCCC/C=C\C/C=C\CCCCC)OC(=O)CCCCCCC/C=C\CCCCCC. The van der Waals surface area contributed by atoms with Crippen molar-refractivity contribution in [1.82, 2.24) is 0 Å². The average Bonchev–Trinajstić information content (AvgIpc) is 3.63. The number of hydrogen-bond acceptors (Lipinski definition) is 14. The molecule has 0 aromatic rings. The van der Waals surface area contributed by atoms with Crippen LogP contribution in [0.25, 0.3) is 0 Å². The molecular weight excluding hydrogens is 1150 g/mol. The minimum absolute atomic E-state index is 0.0918. The third-order valence-corrected chi connectivity index (χ3v) is 16.0. The Kier molecular flexibility index (Phi) is 60.5. The lowest BCUT2D eigenvalue weighted by Gasteiger charge is -2.21. The maximum atomic E-state index is 12.9. The fraction of sp³-hybridized carbons (Fsp3) is 0.754. The molecule has 0 aliphatic rings. The van der Waals surface area contributed by atoms with E-state index in [1.165, 1.54) is 70.6 Å². The number of esters is 3. The third-order valence-electron chi connectivity index (χ3n) is 14.1. The average molecular weight is 1270 g/mol. The summed E-state index contributed by atoms with van der Waals surface area (Å²) in [7, 11) is -9.78. The number of hydrogen-bond donors (Lipinski definition) is 4. The van der Waals surface area contributed by atoms with Crippen molar-refractivity contribution in [3.05, 3.63) is 85.1 Å². The number of rotatable bonds is 64. The molecule has 16 nitrogen and oxygen atoms in total. The highest BCUT2D eigenvalue weighted by molar-refractivity contribution is 7.47. The van der Waals surface area contributed by atoms with Gasteiger partial charge in [0.15, 0.2) is 6.10 Å². The maximum Gasteiger partial charge on any atom is 0.472 e. The first-order valence-electron chi connectivity index (χ1n) is 33.9. The molecule has 0 aliphatic carbocycles. The molecule has 0 aliphatic heterocycles. The van der Waals surface area contributed by atoms with Gasteiger partial charge in [-0.3, -0.25) is 32.5 Å². The lowest BCUT2D eigenvalue weighted by molar-refractivity contribution is -0.161. The van der Waals surface area contributed by atoms with Crippen LogP contribution in [0.4, 0.5) is 0 Å². The standard InChI is InChI=1S/C69H122O16P2/c1-4-7-10-13-16-19-22-25-27-28-29-30-31-32-33-34-36-39-40-43-46-49-52-55-67(72)79-58-64(70)59-81-86(75,76)82-60-65(71)61-83-87(77,78)84-63-66(85-69(74)57-54-51-48-45-42-37-24-21-18-15-12-9-6-3)62-80-68(73)56-53-50-47-44-41-38-35-26-23-20-17-14-11-8-5-2/h16-17,19-21,24-27,29-30,32-33,35,64-66,70-71H,4-15,18,22-23,28,31,34,36-63H2,1-3H3,(H,75,76)(H,77,78)/b19-16-,20-17-,24-21-,27-25-,30-29-,33-32-,35-26-. The third kappa shape index (κ3) is 64.1. The molecule has 0 fully saturated rings. The molecule has 87 heavy (non-hydrogen) atoms. The van der Waals surface area contributed by atoms with E-state index in [9.17, 15) is 43.5 Å². The van der Waals surface area contributed by atoms with E-state index in [-0.39, 0.29) is 19.3 Å². The van der Waals surface area contributed by atoms with E-state index in [1.807, 2.05) is 0 Å². The molecule has 18 heteroatoms. The summed E-state index contributed by atoms with van der Waals surface area (Å²) in [6.07, 6.45) is 66.3. The minimum atomic E-state index is -4.92. The second kappa shape index (κ2) is 62.9. The molecule has 0 saturated carbocycles. The van der Waals surface area contributed by atoms with Crippen LogP contribution >= 0.6 is 15.6 Å². The van der Waals surface area contributed by atoms with E-state index in [4.69, 9.17) is 32.3 Å². The van der Waals surface area contributed by atoms with Crippen LogP contribution in [-0.2, 0) is 55.8 Å². The van der Waals surface area contributed by atoms with Crippen LogP contribution in [0, 0.1) is 0 Å². The Hall–Kier alpha value is -3.27. The first kappa shape index (κ1) is 83.7. The molecular formula is C69H122O16P2. The minimum Gasteiger partial charge on any atom is -0.463 e. The van der Waals surface area contributed by atoms with Gasteiger partial charge in [0.2, 0.25) is 0 Å². The quantitative estimate of drug-likeness (QED) is 0.0146. The van der Waals surface area contributed by atoms with Crippen molar-refractivity contribution in [1.29, 1.82) is 0 Å². The molecule has 504 valence electrons. The van der Waals surface area contributed by atoms with E-state index < -0.39 is 91.5 Å². The predicted octanol–water partition coefficient (Wildman–Crippen LogP) is 18.5. The molecule has 0 heterocycles. The predicted molar refractivity (Wildman–Crippen MR) is 353 cm³/mol. The molecule has 0 radical (unpaired) electrons. The number of ether oxygens (including phenoxy) is 3. The Morgan fingerprint density at radius 2 is 0.575 bits per heavy atom. The number of allylic oxidation sites excluding steroid dienone is 14. The highest BCUT2D eigenvalue weighted by Gasteiger charge is 2.29. The smallest absolute Gasteiger partial charge is 0.463 e. The molecule has 0 aromatic carbocycles. The zero-order valence-electron chi connectivity index (χ0n) is 54.4. The zero-order chi connectivity index (χ0) is 63.8.